The molecule has 2 saturated heterocycles. The van der Waals surface area contributed by atoms with Gasteiger partial charge in [-0.1, -0.05) is 6.42 Å². The van der Waals surface area contributed by atoms with Crippen molar-refractivity contribution in [3.63, 3.8) is 0 Å². The number of nitrogens with zero attached hydrogens (tertiary/aromatic N) is 5. The van der Waals surface area contributed by atoms with Gasteiger partial charge in [0, 0.05) is 26.7 Å². The number of rotatable bonds is 4. The second-order valence-electron chi connectivity index (χ2n) is 7.90. The number of amides is 1. The fraction of sp³-hybridized carbons (Fsp3) is 0.632. The van der Waals surface area contributed by atoms with Gasteiger partial charge in [-0.15, -0.1) is 0 Å². The fourth-order valence-corrected chi connectivity index (χ4v) is 6.18. The Bertz CT molecular complexity index is 990. The Hall–Kier alpha value is -2.20. The van der Waals surface area contributed by atoms with Crippen molar-refractivity contribution in [2.45, 2.75) is 56.4 Å². The van der Waals surface area contributed by atoms with Crippen molar-refractivity contribution in [1.29, 1.82) is 0 Å². The van der Waals surface area contributed by atoms with E-state index >= 15 is 0 Å². The molecule has 0 aliphatic carbocycles. The highest BCUT2D eigenvalue weighted by molar-refractivity contribution is 7.89. The monoisotopic (exact) mass is 420 g/mol. The number of carbonyl (C=O) groups excluding carboxylic acids is 1. The smallest absolute Gasteiger partial charge is 0.257 e. The maximum absolute atomic E-state index is 13.5. The van der Waals surface area contributed by atoms with E-state index in [-0.39, 0.29) is 10.8 Å². The van der Waals surface area contributed by atoms with E-state index in [2.05, 4.69) is 15.3 Å². The number of carbonyl (C=O) groups is 1. The predicted octanol–water partition coefficient (Wildman–Crippen LogP) is 1.99. The molecular weight excluding hydrogens is 392 g/mol. The van der Waals surface area contributed by atoms with Gasteiger partial charge < -0.3 is 4.90 Å². The number of piperidine rings is 2. The van der Waals surface area contributed by atoms with E-state index in [1.807, 2.05) is 4.90 Å². The summed E-state index contributed by atoms with van der Waals surface area (Å²) in [5.41, 5.74) is 1.69. The Morgan fingerprint density at radius 2 is 1.83 bits per heavy atom. The molecule has 2 fully saturated rings. The maximum atomic E-state index is 13.5. The molecule has 1 atom stereocenters. The second-order valence-corrected chi connectivity index (χ2v) is 9.75. The minimum absolute atomic E-state index is 0.0612. The van der Waals surface area contributed by atoms with E-state index in [1.54, 1.807) is 24.9 Å². The van der Waals surface area contributed by atoms with Gasteiger partial charge in [0.05, 0.1) is 35.4 Å². The van der Waals surface area contributed by atoms with Crippen molar-refractivity contribution in [3.8, 4) is 0 Å². The van der Waals surface area contributed by atoms with Gasteiger partial charge in [0.25, 0.3) is 5.91 Å². The van der Waals surface area contributed by atoms with Crippen LogP contribution in [0.25, 0.3) is 0 Å². The van der Waals surface area contributed by atoms with Crippen LogP contribution in [-0.2, 0) is 17.1 Å². The quantitative estimate of drug-likeness (QED) is 0.815. The average molecular weight is 421 g/mol. The Labute approximate surface area is 171 Å². The molecule has 1 N–H and O–H groups in total. The van der Waals surface area contributed by atoms with Gasteiger partial charge in [0.15, 0.2) is 0 Å². The summed E-state index contributed by atoms with van der Waals surface area (Å²) in [5.74, 6) is -0.0612. The van der Waals surface area contributed by atoms with E-state index in [4.69, 9.17) is 0 Å². The molecule has 0 bridgehead atoms. The first-order valence-electron chi connectivity index (χ1n) is 10.2. The molecular formula is C19H28N6O3S. The largest absolute Gasteiger partial charge is 0.339 e. The molecule has 29 heavy (non-hydrogen) atoms. The number of hydrogen-bond acceptors (Lipinski definition) is 5. The zero-order valence-electron chi connectivity index (χ0n) is 17.0. The lowest BCUT2D eigenvalue weighted by Gasteiger charge is -2.35. The summed E-state index contributed by atoms with van der Waals surface area (Å²) >= 11 is 0. The summed E-state index contributed by atoms with van der Waals surface area (Å²) in [6.07, 6.45) is 8.44. The topological polar surface area (TPSA) is 104 Å². The first-order valence-corrected chi connectivity index (χ1v) is 11.7. The first kappa shape index (κ1) is 20.1. The van der Waals surface area contributed by atoms with E-state index in [9.17, 15) is 13.2 Å². The molecule has 0 spiro atoms. The zero-order chi connectivity index (χ0) is 20.6. The van der Waals surface area contributed by atoms with Crippen molar-refractivity contribution in [2.24, 2.45) is 7.05 Å². The fourth-order valence-electron chi connectivity index (χ4n) is 4.33. The Morgan fingerprint density at radius 1 is 1.10 bits per heavy atom. The highest BCUT2D eigenvalue weighted by atomic mass is 32.2. The molecule has 4 rings (SSSR count). The van der Waals surface area contributed by atoms with Crippen LogP contribution in [0.4, 0.5) is 0 Å². The molecule has 0 radical (unpaired) electrons. The van der Waals surface area contributed by atoms with Gasteiger partial charge in [-0.25, -0.2) is 8.42 Å². The summed E-state index contributed by atoms with van der Waals surface area (Å²) in [5, 5.41) is 11.2. The molecule has 0 saturated carbocycles. The van der Waals surface area contributed by atoms with Crippen LogP contribution >= 0.6 is 0 Å². The first-order chi connectivity index (χ1) is 13.9. The van der Waals surface area contributed by atoms with Crippen LogP contribution in [0.15, 0.2) is 17.3 Å². The van der Waals surface area contributed by atoms with Gasteiger partial charge in [-0.2, -0.15) is 14.5 Å². The lowest BCUT2D eigenvalue weighted by Crippen LogP contribution is -2.40. The number of likely N-dealkylation sites (tertiary alicyclic amines) is 1. The van der Waals surface area contributed by atoms with Crippen LogP contribution in [0.1, 0.15) is 66.3 Å². The molecule has 2 aromatic rings. The number of nitrogens with one attached hydrogen (secondary N) is 1. The number of sulfonamides is 1. The van der Waals surface area contributed by atoms with Crippen molar-refractivity contribution < 1.29 is 13.2 Å². The molecule has 0 aromatic carbocycles. The van der Waals surface area contributed by atoms with Gasteiger partial charge >= 0.3 is 0 Å². The summed E-state index contributed by atoms with van der Waals surface area (Å²) in [6, 6.07) is -0.431. The SMILES string of the molecule is Cc1c(S(=O)(=O)N2CCCC[C@@H]2c2[nH]ncc2C(=O)N2CCCCC2)cnn1C. The number of aromatic amines is 1. The summed E-state index contributed by atoms with van der Waals surface area (Å²) in [4.78, 5) is 15.2. The van der Waals surface area contributed by atoms with Crippen molar-refractivity contribution in [1.82, 2.24) is 29.2 Å². The van der Waals surface area contributed by atoms with Crippen molar-refractivity contribution >= 4 is 15.9 Å². The third-order valence-electron chi connectivity index (χ3n) is 6.11. The molecule has 2 aromatic heterocycles. The van der Waals surface area contributed by atoms with Crippen molar-refractivity contribution in [3.05, 3.63) is 29.3 Å². The van der Waals surface area contributed by atoms with Crippen LogP contribution in [-0.4, -0.2) is 63.1 Å². The predicted molar refractivity (Wildman–Crippen MR) is 107 cm³/mol. The minimum atomic E-state index is -3.74. The zero-order valence-corrected chi connectivity index (χ0v) is 17.8. The number of H-pyrrole nitrogens is 1. The molecule has 10 heteroatoms. The van der Waals surface area contributed by atoms with Crippen LogP contribution < -0.4 is 0 Å². The normalized spacial score (nSPS) is 21.4. The number of hydrogen-bond donors (Lipinski definition) is 1. The minimum Gasteiger partial charge on any atom is -0.339 e. The van der Waals surface area contributed by atoms with Gasteiger partial charge in [-0.05, 0) is 39.0 Å². The third-order valence-corrected chi connectivity index (χ3v) is 8.12. The van der Waals surface area contributed by atoms with Crippen LogP contribution in [0.2, 0.25) is 0 Å². The highest BCUT2D eigenvalue weighted by Gasteiger charge is 2.39. The van der Waals surface area contributed by atoms with Crippen LogP contribution in [0.3, 0.4) is 0 Å². The van der Waals surface area contributed by atoms with Crippen molar-refractivity contribution in [2.75, 3.05) is 19.6 Å². The third kappa shape index (κ3) is 3.59. The molecule has 1 amide bonds. The highest BCUT2D eigenvalue weighted by Crippen LogP contribution is 2.37. The lowest BCUT2D eigenvalue weighted by atomic mass is 9.98. The van der Waals surface area contributed by atoms with Crippen LogP contribution in [0.5, 0.6) is 0 Å². The van der Waals surface area contributed by atoms with E-state index in [1.165, 1.54) is 10.5 Å². The molecule has 0 unspecified atom stereocenters. The molecule has 2 aliphatic heterocycles. The Kier molecular flexibility index (Phi) is 5.48. The molecule has 9 nitrogen and oxygen atoms in total. The van der Waals surface area contributed by atoms with Crippen LogP contribution in [0, 0.1) is 6.92 Å². The van der Waals surface area contributed by atoms with E-state index in [0.717, 1.165) is 45.2 Å². The van der Waals surface area contributed by atoms with E-state index < -0.39 is 16.1 Å². The second kappa shape index (κ2) is 7.91. The number of aryl methyl sites for hydroxylation is 1. The Balaban J connectivity index is 1.68. The van der Waals surface area contributed by atoms with Gasteiger partial charge in [-0.3, -0.25) is 14.6 Å². The van der Waals surface area contributed by atoms with Gasteiger partial charge in [0.1, 0.15) is 4.90 Å². The molecule has 2 aliphatic rings. The van der Waals surface area contributed by atoms with E-state index in [0.29, 0.717) is 29.9 Å². The van der Waals surface area contributed by atoms with Gasteiger partial charge in [0.2, 0.25) is 10.0 Å². The molecule has 4 heterocycles. The summed E-state index contributed by atoms with van der Waals surface area (Å²) in [7, 11) is -2.01. The number of aromatic nitrogens is 4. The Morgan fingerprint density at radius 3 is 2.52 bits per heavy atom. The maximum Gasteiger partial charge on any atom is 0.257 e. The lowest BCUT2D eigenvalue weighted by molar-refractivity contribution is 0.0720. The average Bonchev–Trinajstić information content (AvgIpc) is 3.35. The summed E-state index contributed by atoms with van der Waals surface area (Å²) in [6.45, 7) is 3.65. The molecule has 158 valence electrons. The summed E-state index contributed by atoms with van der Waals surface area (Å²) < 4.78 is 30.0. The standard InChI is InChI=1S/C19H28N6O3S/c1-14-17(13-21-23(14)2)29(27,28)25-11-7-4-8-16(25)18-15(12-20-22-18)19(26)24-9-5-3-6-10-24/h12-13,16H,3-11H2,1-2H3,(H,20,22)/t16-/m1/s1.